The number of imidazole rings is 1. The SMILES string of the molecule is CCCn1cnc2c(ncn2[C@@H]2O[C@H](COP(=O)(S)OC3C[C@H](n4cc5c6c(ncnc64)NCCC5)O[C@@H]3CO[PH](=O)S)[C@@H](O)[C@H]2O)c1=O. The van der Waals surface area contributed by atoms with E-state index in [1.54, 1.807) is 0 Å². The highest BCUT2D eigenvalue weighted by molar-refractivity contribution is 8.44. The predicted octanol–water partition coefficient (Wildman–Crippen LogP) is 2.49. The van der Waals surface area contributed by atoms with E-state index in [1.165, 1.54) is 28.1 Å². The molecule has 4 aromatic rings. The molecule has 49 heavy (non-hydrogen) atoms. The van der Waals surface area contributed by atoms with Crippen molar-refractivity contribution in [3.05, 3.63) is 41.1 Å². The van der Waals surface area contributed by atoms with E-state index in [2.05, 4.69) is 49.7 Å². The molecule has 22 heteroatoms. The molecule has 7 rings (SSSR count). The first kappa shape index (κ1) is 35.1. The summed E-state index contributed by atoms with van der Waals surface area (Å²) >= 11 is 8.04. The van der Waals surface area contributed by atoms with Crippen LogP contribution in [0.1, 0.15) is 44.2 Å². The number of hydrogen-bond acceptors (Lipinski definition) is 15. The number of hydrogen-bond donors (Lipinski definition) is 5. The average molecular weight is 759 g/mol. The molecule has 2 saturated heterocycles. The fourth-order valence-corrected chi connectivity index (χ4v) is 8.53. The minimum atomic E-state index is -4.16. The molecule has 3 aliphatic heterocycles. The number of aryl methyl sites for hydroxylation is 2. The molecule has 0 spiro atoms. The van der Waals surface area contributed by atoms with Gasteiger partial charge in [0.25, 0.3) is 5.56 Å². The second kappa shape index (κ2) is 14.3. The summed E-state index contributed by atoms with van der Waals surface area (Å²) in [6.45, 7) is -1.61. The third-order valence-electron chi connectivity index (χ3n) is 8.76. The van der Waals surface area contributed by atoms with Gasteiger partial charge >= 0.3 is 6.80 Å². The molecule has 18 nitrogen and oxygen atoms in total. The maximum atomic E-state index is 13.6. The highest BCUT2D eigenvalue weighted by atomic mass is 32.7. The Morgan fingerprint density at radius 2 is 1.94 bits per heavy atom. The molecule has 7 heterocycles. The quantitative estimate of drug-likeness (QED) is 0.104. The zero-order valence-corrected chi connectivity index (χ0v) is 29.8. The Balaban J connectivity index is 1.05. The van der Waals surface area contributed by atoms with Crippen molar-refractivity contribution in [3.63, 3.8) is 0 Å². The van der Waals surface area contributed by atoms with Gasteiger partial charge in [0, 0.05) is 25.7 Å². The zero-order chi connectivity index (χ0) is 34.4. The van der Waals surface area contributed by atoms with Gasteiger partial charge in [-0.25, -0.2) is 24.5 Å². The van der Waals surface area contributed by atoms with Crippen molar-refractivity contribution in [1.82, 2.24) is 33.6 Å². The fraction of sp³-hybridized carbons (Fsp3) is 0.593. The van der Waals surface area contributed by atoms with Crippen molar-refractivity contribution in [2.24, 2.45) is 0 Å². The van der Waals surface area contributed by atoms with Crippen LogP contribution < -0.4 is 10.9 Å². The van der Waals surface area contributed by atoms with Gasteiger partial charge in [-0.1, -0.05) is 31.4 Å². The highest BCUT2D eigenvalue weighted by Crippen LogP contribution is 2.57. The van der Waals surface area contributed by atoms with Crippen LogP contribution in [0, 0.1) is 0 Å². The van der Waals surface area contributed by atoms with Crippen LogP contribution in [0.3, 0.4) is 0 Å². The van der Waals surface area contributed by atoms with Crippen LogP contribution in [0.25, 0.3) is 22.2 Å². The van der Waals surface area contributed by atoms with Gasteiger partial charge in [0.1, 0.15) is 60.9 Å². The van der Waals surface area contributed by atoms with Crippen LogP contribution in [0.4, 0.5) is 5.82 Å². The summed E-state index contributed by atoms with van der Waals surface area (Å²) in [7, 11) is -2.62. The first-order valence-electron chi connectivity index (χ1n) is 15.7. The molecular formula is C27H36N8O10P2S2. The Kier molecular flexibility index (Phi) is 10.3. The number of rotatable bonds is 12. The molecule has 0 radical (unpaired) electrons. The van der Waals surface area contributed by atoms with Gasteiger partial charge in [-0.2, -0.15) is 0 Å². The summed E-state index contributed by atoms with van der Waals surface area (Å²) in [5, 5.41) is 25.9. The normalized spacial score (nSPS) is 28.9. The summed E-state index contributed by atoms with van der Waals surface area (Å²) in [4.78, 5) is 30.1. The largest absolute Gasteiger partial charge is 0.387 e. The predicted molar refractivity (Wildman–Crippen MR) is 182 cm³/mol. The molecule has 3 aliphatic rings. The summed E-state index contributed by atoms with van der Waals surface area (Å²) < 4.78 is 58.8. The van der Waals surface area contributed by atoms with E-state index in [1.807, 2.05) is 17.7 Å². The second-order valence-corrected chi connectivity index (χ2v) is 16.8. The van der Waals surface area contributed by atoms with Crippen molar-refractivity contribution in [3.8, 4) is 0 Å². The number of ether oxygens (including phenoxy) is 2. The van der Waals surface area contributed by atoms with Gasteiger partial charge in [-0.15, -0.1) is 0 Å². The summed E-state index contributed by atoms with van der Waals surface area (Å²) in [5.41, 5.74) is 1.63. The van der Waals surface area contributed by atoms with Crippen molar-refractivity contribution in [1.29, 1.82) is 0 Å². The van der Waals surface area contributed by atoms with Gasteiger partial charge in [-0.3, -0.25) is 27.5 Å². The molecule has 3 unspecified atom stereocenters. The molecule has 0 aliphatic carbocycles. The molecule has 0 saturated carbocycles. The van der Waals surface area contributed by atoms with Gasteiger partial charge in [0.15, 0.2) is 17.4 Å². The van der Waals surface area contributed by atoms with Crippen LogP contribution in [0.15, 0.2) is 30.0 Å². The van der Waals surface area contributed by atoms with Crippen LogP contribution >= 0.6 is 38.5 Å². The first-order valence-corrected chi connectivity index (χ1v) is 21.0. The van der Waals surface area contributed by atoms with E-state index in [0.29, 0.717) is 12.2 Å². The smallest absolute Gasteiger partial charge is 0.386 e. The number of aromatic nitrogens is 7. The number of fused-ring (bicyclic) bond motifs is 1. The molecule has 266 valence electrons. The molecule has 0 bridgehead atoms. The number of thiol groups is 2. The Morgan fingerprint density at radius 3 is 2.73 bits per heavy atom. The van der Waals surface area contributed by atoms with E-state index in [0.717, 1.165) is 42.6 Å². The minimum absolute atomic E-state index is 0.0879. The Hall–Kier alpha value is -2.35. The van der Waals surface area contributed by atoms with E-state index < -0.39 is 63.6 Å². The van der Waals surface area contributed by atoms with Gasteiger partial charge in [-0.05, 0) is 24.8 Å². The number of aliphatic hydroxyl groups is 2. The lowest BCUT2D eigenvalue weighted by Crippen LogP contribution is -2.34. The minimum Gasteiger partial charge on any atom is -0.387 e. The third-order valence-corrected chi connectivity index (χ3v) is 11.2. The summed E-state index contributed by atoms with van der Waals surface area (Å²) in [6.07, 6.45) is 1.18. The zero-order valence-electron chi connectivity index (χ0n) is 26.1. The summed E-state index contributed by atoms with van der Waals surface area (Å²) in [5.74, 6) is 0.736. The van der Waals surface area contributed by atoms with Gasteiger partial charge < -0.3 is 34.1 Å². The molecule has 3 N–H and O–H groups in total. The van der Waals surface area contributed by atoms with E-state index >= 15 is 0 Å². The number of aliphatic hydroxyl groups excluding tert-OH is 2. The van der Waals surface area contributed by atoms with E-state index in [9.17, 15) is 24.1 Å². The maximum absolute atomic E-state index is 13.6. The van der Waals surface area contributed by atoms with Crippen LogP contribution in [0.2, 0.25) is 0 Å². The van der Waals surface area contributed by atoms with Crippen LogP contribution in [-0.4, -0.2) is 94.1 Å². The number of nitrogens with one attached hydrogen (secondary N) is 1. The molecule has 0 aromatic carbocycles. The van der Waals surface area contributed by atoms with Crippen molar-refractivity contribution in [2.75, 3.05) is 25.1 Å². The van der Waals surface area contributed by atoms with E-state index in [4.69, 9.17) is 23.0 Å². The van der Waals surface area contributed by atoms with Crippen LogP contribution in [0.5, 0.6) is 0 Å². The third kappa shape index (κ3) is 6.98. The first-order chi connectivity index (χ1) is 23.5. The van der Waals surface area contributed by atoms with Crippen molar-refractivity contribution in [2.45, 2.75) is 82.1 Å². The molecule has 4 aromatic heterocycles. The van der Waals surface area contributed by atoms with Crippen LogP contribution in [-0.2, 0) is 45.1 Å². The lowest BCUT2D eigenvalue weighted by molar-refractivity contribution is -0.0515. The lowest BCUT2D eigenvalue weighted by Gasteiger charge is -2.23. The standard InChI is InChI=1S/C27H36N8O10P2S2/c1-2-6-33-12-32-25-20(26(33)38)31-13-35(25)27-22(37)21(36)17(44-27)10-42-47(40,49)45-15-7-18(43-16(15)9-41-46(39)48)34-8-14-4-3-5-28-23-19(14)24(34)30-11-29-23/h8,11-13,15-18,21-22,27,36-37,46H,2-7,9-10H2,1H3,(H,39,48)(H,40,49)(H,28,29,30)/t15?,16-,17-,18-,21-,22-,27-,47?/m1/s1. The average Bonchev–Trinajstić information content (AvgIpc) is 3.80. The maximum Gasteiger partial charge on any atom is 0.386 e. The second-order valence-electron chi connectivity index (χ2n) is 12.0. The molecular weight excluding hydrogens is 722 g/mol. The van der Waals surface area contributed by atoms with Crippen molar-refractivity contribution < 1.29 is 42.4 Å². The fourth-order valence-electron chi connectivity index (χ4n) is 6.47. The van der Waals surface area contributed by atoms with Crippen molar-refractivity contribution >= 4 is 66.5 Å². The molecule has 0 amide bonds. The monoisotopic (exact) mass is 758 g/mol. The Labute approximate surface area is 290 Å². The Morgan fingerprint density at radius 1 is 1.10 bits per heavy atom. The van der Waals surface area contributed by atoms with E-state index in [-0.39, 0.29) is 29.8 Å². The molecule has 2 fully saturated rings. The van der Waals surface area contributed by atoms with Gasteiger partial charge in [0.2, 0.25) is 7.23 Å². The Bertz CT molecular complexity index is 1980. The molecule has 9 atom stereocenters. The topological polar surface area (TPSA) is 216 Å². The summed E-state index contributed by atoms with van der Waals surface area (Å²) in [6, 6.07) is 0. The number of anilines is 1. The van der Waals surface area contributed by atoms with Gasteiger partial charge in [0.05, 0.1) is 24.9 Å². The highest BCUT2D eigenvalue weighted by Gasteiger charge is 2.47. The number of nitrogens with zero attached hydrogens (tertiary/aromatic N) is 7. The lowest BCUT2D eigenvalue weighted by atomic mass is 10.1.